The van der Waals surface area contributed by atoms with Gasteiger partial charge in [0.2, 0.25) is 0 Å². The number of nitro groups is 1. The molecule has 0 fully saturated rings. The average molecular weight is 222 g/mol. The molecule has 0 bridgehead atoms. The van der Waals surface area contributed by atoms with E-state index in [9.17, 15) is 10.1 Å². The third kappa shape index (κ3) is 1.93. The van der Waals surface area contributed by atoms with E-state index < -0.39 is 16.7 Å². The molecule has 1 aliphatic rings. The maximum Gasteiger partial charge on any atom is 0.364 e. The van der Waals surface area contributed by atoms with Crippen molar-refractivity contribution in [1.82, 2.24) is 5.43 Å². The normalized spacial score (nSPS) is 29.7. The molecule has 1 aliphatic carbocycles. The van der Waals surface area contributed by atoms with Gasteiger partial charge in [0.1, 0.15) is 6.04 Å². The van der Waals surface area contributed by atoms with Gasteiger partial charge in [0.25, 0.3) is 0 Å². The van der Waals surface area contributed by atoms with Crippen LogP contribution in [0, 0.1) is 10.1 Å². The quantitative estimate of drug-likeness (QED) is 0.303. The fraction of sp³-hybridized carbons (Fsp3) is 0.429. The fourth-order valence-electron chi connectivity index (χ4n) is 1.23. The second kappa shape index (κ2) is 5.06. The summed E-state index contributed by atoms with van der Waals surface area (Å²) < 4.78 is 4.86. The summed E-state index contributed by atoms with van der Waals surface area (Å²) in [6.45, 7) is 0. The SMILES string of the molecule is COC1([N+](=O)[O-])C=CC=CC1NN.Cl. The number of nitrogens with one attached hydrogen (secondary N) is 1. The van der Waals surface area contributed by atoms with E-state index in [0.29, 0.717) is 0 Å². The first kappa shape index (κ1) is 13.1. The zero-order valence-corrected chi connectivity index (χ0v) is 8.36. The predicted octanol–water partition coefficient (Wildman–Crippen LogP) is -0.0145. The average Bonchev–Trinajstić information content (AvgIpc) is 2.17. The number of hydrazine groups is 1. The molecule has 0 aliphatic heterocycles. The van der Waals surface area contributed by atoms with E-state index in [2.05, 4.69) is 5.43 Å². The van der Waals surface area contributed by atoms with Crippen molar-refractivity contribution in [3.05, 3.63) is 34.4 Å². The minimum Gasteiger partial charge on any atom is -0.313 e. The number of methoxy groups -OCH3 is 1. The monoisotopic (exact) mass is 221 g/mol. The summed E-state index contributed by atoms with van der Waals surface area (Å²) in [6, 6.07) is -0.655. The first-order valence-electron chi connectivity index (χ1n) is 3.69. The molecule has 0 saturated heterocycles. The molecule has 2 unspecified atom stereocenters. The molecule has 80 valence electrons. The third-order valence-electron chi connectivity index (χ3n) is 1.99. The maximum atomic E-state index is 10.8. The van der Waals surface area contributed by atoms with E-state index in [-0.39, 0.29) is 12.4 Å². The van der Waals surface area contributed by atoms with Crippen LogP contribution in [0.1, 0.15) is 0 Å². The van der Waals surface area contributed by atoms with Crippen molar-refractivity contribution >= 4 is 12.4 Å². The van der Waals surface area contributed by atoms with Crippen LogP contribution < -0.4 is 11.3 Å². The van der Waals surface area contributed by atoms with Crippen LogP contribution >= 0.6 is 12.4 Å². The summed E-state index contributed by atoms with van der Waals surface area (Å²) in [4.78, 5) is 10.3. The van der Waals surface area contributed by atoms with Crippen LogP contribution in [0.3, 0.4) is 0 Å². The van der Waals surface area contributed by atoms with Crippen molar-refractivity contribution in [2.24, 2.45) is 5.84 Å². The minimum atomic E-state index is -1.59. The first-order chi connectivity index (χ1) is 6.17. The van der Waals surface area contributed by atoms with Gasteiger partial charge >= 0.3 is 5.72 Å². The van der Waals surface area contributed by atoms with Crippen molar-refractivity contribution in [3.8, 4) is 0 Å². The molecule has 0 radical (unpaired) electrons. The molecule has 0 heterocycles. The van der Waals surface area contributed by atoms with Crippen molar-refractivity contribution < 1.29 is 9.66 Å². The number of ether oxygens (including phenoxy) is 1. The Labute approximate surface area is 87.3 Å². The standard InChI is InChI=1S/C7H11N3O3.ClH/c1-13-7(10(11)12)5-3-2-4-6(7)9-8;/h2-6,9H,8H2,1H3;1H. The lowest BCUT2D eigenvalue weighted by molar-refractivity contribution is -0.613. The van der Waals surface area contributed by atoms with Crippen LogP contribution in [0.15, 0.2) is 24.3 Å². The highest BCUT2D eigenvalue weighted by molar-refractivity contribution is 5.85. The summed E-state index contributed by atoms with van der Waals surface area (Å²) in [7, 11) is 1.27. The van der Waals surface area contributed by atoms with Crippen LogP contribution in [0.25, 0.3) is 0 Å². The number of halogens is 1. The maximum absolute atomic E-state index is 10.8. The first-order valence-corrected chi connectivity index (χ1v) is 3.69. The highest BCUT2D eigenvalue weighted by Gasteiger charge is 2.48. The highest BCUT2D eigenvalue weighted by atomic mass is 35.5. The van der Waals surface area contributed by atoms with E-state index in [1.54, 1.807) is 18.2 Å². The Balaban J connectivity index is 0.00000169. The number of hydrogen-bond donors (Lipinski definition) is 2. The van der Waals surface area contributed by atoms with Gasteiger partial charge < -0.3 is 4.74 Å². The Morgan fingerprint density at radius 1 is 1.64 bits per heavy atom. The van der Waals surface area contributed by atoms with Gasteiger partial charge in [-0.1, -0.05) is 18.2 Å². The van der Waals surface area contributed by atoms with Crippen LogP contribution in [-0.4, -0.2) is 23.8 Å². The van der Waals surface area contributed by atoms with E-state index in [1.807, 2.05) is 0 Å². The van der Waals surface area contributed by atoms with Crippen LogP contribution in [0.5, 0.6) is 0 Å². The van der Waals surface area contributed by atoms with Crippen molar-refractivity contribution in [3.63, 3.8) is 0 Å². The molecule has 0 saturated carbocycles. The molecule has 3 N–H and O–H groups in total. The van der Waals surface area contributed by atoms with E-state index >= 15 is 0 Å². The lowest BCUT2D eigenvalue weighted by atomic mass is 10.00. The Bertz CT molecular complexity index is 269. The molecule has 6 nitrogen and oxygen atoms in total. The number of nitrogens with zero attached hydrogens (tertiary/aromatic N) is 1. The number of rotatable bonds is 3. The molecule has 2 atom stereocenters. The van der Waals surface area contributed by atoms with Gasteiger partial charge in [-0.05, 0) is 0 Å². The second-order valence-corrected chi connectivity index (χ2v) is 2.60. The Morgan fingerprint density at radius 2 is 2.29 bits per heavy atom. The topological polar surface area (TPSA) is 90.4 Å². The Kier molecular flexibility index (Phi) is 4.72. The van der Waals surface area contributed by atoms with Gasteiger partial charge in [-0.25, -0.2) is 5.43 Å². The molecule has 0 aromatic carbocycles. The summed E-state index contributed by atoms with van der Waals surface area (Å²) in [6.07, 6.45) is 6.16. The van der Waals surface area contributed by atoms with E-state index in [0.717, 1.165) is 0 Å². The fourth-order valence-corrected chi connectivity index (χ4v) is 1.23. The smallest absolute Gasteiger partial charge is 0.313 e. The lowest BCUT2D eigenvalue weighted by Crippen LogP contribution is -2.57. The van der Waals surface area contributed by atoms with Crippen LogP contribution in [0.4, 0.5) is 0 Å². The van der Waals surface area contributed by atoms with Gasteiger partial charge in [0.05, 0.1) is 4.92 Å². The number of hydrogen-bond acceptors (Lipinski definition) is 5. The van der Waals surface area contributed by atoms with Crippen LogP contribution in [0.2, 0.25) is 0 Å². The predicted molar refractivity (Wildman–Crippen MR) is 53.4 cm³/mol. The number of allylic oxidation sites excluding steroid dienone is 2. The molecule has 1 rings (SSSR count). The molecule has 0 amide bonds. The Hall–Kier alpha value is -0.950. The Morgan fingerprint density at radius 3 is 2.64 bits per heavy atom. The zero-order chi connectivity index (χ0) is 9.90. The minimum absolute atomic E-state index is 0. The second-order valence-electron chi connectivity index (χ2n) is 2.60. The molecule has 0 aromatic rings. The molecule has 0 aromatic heterocycles. The summed E-state index contributed by atoms with van der Waals surface area (Å²) in [5.41, 5.74) is 0.729. The van der Waals surface area contributed by atoms with E-state index in [4.69, 9.17) is 10.6 Å². The third-order valence-corrected chi connectivity index (χ3v) is 1.99. The molecule has 14 heavy (non-hydrogen) atoms. The molecular weight excluding hydrogens is 210 g/mol. The van der Waals surface area contributed by atoms with Gasteiger partial charge in [-0.2, -0.15) is 0 Å². The molecule has 7 heteroatoms. The van der Waals surface area contributed by atoms with Gasteiger partial charge in [0.15, 0.2) is 0 Å². The van der Waals surface area contributed by atoms with Gasteiger partial charge in [-0.15, -0.1) is 12.4 Å². The van der Waals surface area contributed by atoms with Gasteiger partial charge in [0, 0.05) is 13.2 Å². The highest BCUT2D eigenvalue weighted by Crippen LogP contribution is 2.22. The van der Waals surface area contributed by atoms with Crippen molar-refractivity contribution in [2.45, 2.75) is 11.8 Å². The lowest BCUT2D eigenvalue weighted by Gasteiger charge is -2.27. The van der Waals surface area contributed by atoms with Crippen LogP contribution in [-0.2, 0) is 4.74 Å². The molecular formula is C7H12ClN3O3. The zero-order valence-electron chi connectivity index (χ0n) is 7.54. The largest absolute Gasteiger partial charge is 0.364 e. The summed E-state index contributed by atoms with van der Waals surface area (Å²) in [5, 5.41) is 10.8. The van der Waals surface area contributed by atoms with Crippen molar-refractivity contribution in [2.75, 3.05) is 7.11 Å². The molecule has 0 spiro atoms. The van der Waals surface area contributed by atoms with E-state index in [1.165, 1.54) is 13.2 Å². The number of nitrogens with two attached hydrogens (primary N) is 1. The summed E-state index contributed by atoms with van der Waals surface area (Å²) >= 11 is 0. The van der Waals surface area contributed by atoms with Crippen molar-refractivity contribution in [1.29, 1.82) is 0 Å². The summed E-state index contributed by atoms with van der Waals surface area (Å²) in [5.74, 6) is 5.17. The van der Waals surface area contributed by atoms with Gasteiger partial charge in [-0.3, -0.25) is 16.0 Å².